The molecule has 0 radical (unpaired) electrons. The van der Waals surface area contributed by atoms with E-state index in [1.54, 1.807) is 6.20 Å². The number of carbonyl (C=O) groups is 1. The first-order valence-corrected chi connectivity index (χ1v) is 15.2. The van der Waals surface area contributed by atoms with Crippen LogP contribution in [0.1, 0.15) is 35.3 Å². The Morgan fingerprint density at radius 1 is 1.05 bits per heavy atom. The van der Waals surface area contributed by atoms with E-state index in [1.807, 2.05) is 40.1 Å². The van der Waals surface area contributed by atoms with Crippen LogP contribution in [0.2, 0.25) is 5.02 Å². The van der Waals surface area contributed by atoms with Crippen molar-refractivity contribution in [3.63, 3.8) is 0 Å². The molecule has 8 nitrogen and oxygen atoms in total. The normalized spacial score (nSPS) is 15.8. The number of rotatable bonds is 10. The number of halogens is 4. The smallest absolute Gasteiger partial charge is 0.367 e. The maximum Gasteiger partial charge on any atom is 0.416 e. The molecule has 2 aromatic carbocycles. The third kappa shape index (κ3) is 8.01. The highest BCUT2D eigenvalue weighted by Gasteiger charge is 2.34. The Morgan fingerprint density at radius 3 is 2.50 bits per heavy atom. The second kappa shape index (κ2) is 14.2. The number of pyridine rings is 1. The Morgan fingerprint density at radius 2 is 1.80 bits per heavy atom. The number of piperazine rings is 1. The van der Waals surface area contributed by atoms with E-state index in [0.29, 0.717) is 62.6 Å². The molecule has 0 aliphatic carbocycles. The summed E-state index contributed by atoms with van der Waals surface area (Å²) in [5, 5.41) is 6.72. The average molecular weight is 631 g/mol. The van der Waals surface area contributed by atoms with Gasteiger partial charge in [0.1, 0.15) is 5.82 Å². The lowest BCUT2D eigenvalue weighted by Gasteiger charge is -2.34. The number of fused-ring (bicyclic) bond motifs is 1. The molecule has 2 N–H and O–H groups in total. The van der Waals surface area contributed by atoms with Gasteiger partial charge in [0.2, 0.25) is 0 Å². The van der Waals surface area contributed by atoms with Crippen molar-refractivity contribution < 1.29 is 22.7 Å². The topological polar surface area (TPSA) is 73.0 Å². The maximum atomic E-state index is 13.7. The van der Waals surface area contributed by atoms with Gasteiger partial charge in [-0.15, -0.1) is 0 Å². The first-order valence-electron chi connectivity index (χ1n) is 14.9. The standard InChI is InChI=1S/C32H38ClF3N6O2/c1-22(2)39-21-44-16-15-40-11-13-41(14-12-40)31(43)24-5-3-23(4-6-24)25-18-29-30(38-19-25)37-9-10-42(29)20-26-17-27(33)7-8-28(26)32(34,35)36/h3-8,17-19,22,39H,9-16,20-21H2,1-2H3,(H,37,38). The highest BCUT2D eigenvalue weighted by Crippen LogP contribution is 2.37. The van der Waals surface area contributed by atoms with Crippen LogP contribution in [0.25, 0.3) is 11.1 Å². The molecule has 1 aromatic heterocycles. The number of amides is 1. The highest BCUT2D eigenvalue weighted by atomic mass is 35.5. The molecule has 12 heteroatoms. The van der Waals surface area contributed by atoms with Crippen molar-refractivity contribution in [2.45, 2.75) is 32.6 Å². The number of hydrogen-bond donors (Lipinski definition) is 2. The fourth-order valence-corrected chi connectivity index (χ4v) is 5.61. The third-order valence-corrected chi connectivity index (χ3v) is 8.12. The van der Waals surface area contributed by atoms with Gasteiger partial charge < -0.3 is 19.9 Å². The zero-order valence-electron chi connectivity index (χ0n) is 25.0. The molecule has 0 atom stereocenters. The second-order valence-corrected chi connectivity index (χ2v) is 11.8. The van der Waals surface area contributed by atoms with Crippen LogP contribution in [0.15, 0.2) is 54.7 Å². The van der Waals surface area contributed by atoms with Gasteiger partial charge in [-0.25, -0.2) is 4.98 Å². The van der Waals surface area contributed by atoms with E-state index in [9.17, 15) is 18.0 Å². The molecule has 0 saturated carbocycles. The Bertz CT molecular complexity index is 1430. The molecule has 1 saturated heterocycles. The predicted octanol–water partition coefficient (Wildman–Crippen LogP) is 5.58. The van der Waals surface area contributed by atoms with Gasteiger partial charge >= 0.3 is 6.18 Å². The Balaban J connectivity index is 1.22. The van der Waals surface area contributed by atoms with E-state index in [1.165, 1.54) is 12.1 Å². The summed E-state index contributed by atoms with van der Waals surface area (Å²) < 4.78 is 46.8. The molecule has 2 aliphatic rings. The summed E-state index contributed by atoms with van der Waals surface area (Å²) >= 11 is 6.07. The zero-order chi connectivity index (χ0) is 31.3. The van der Waals surface area contributed by atoms with E-state index in [0.717, 1.165) is 36.8 Å². The first-order chi connectivity index (χ1) is 21.1. The Hall–Kier alpha value is -3.38. The van der Waals surface area contributed by atoms with Gasteiger partial charge in [0, 0.05) is 80.7 Å². The predicted molar refractivity (Wildman–Crippen MR) is 167 cm³/mol. The number of anilines is 2. The van der Waals surface area contributed by atoms with Crippen LogP contribution in [0.4, 0.5) is 24.7 Å². The number of carbonyl (C=O) groups excluding carboxylic acids is 1. The number of benzene rings is 2. The van der Waals surface area contributed by atoms with Crippen molar-refractivity contribution in [2.24, 2.45) is 0 Å². The molecule has 1 amide bonds. The average Bonchev–Trinajstić information content (AvgIpc) is 3.00. The minimum atomic E-state index is -4.48. The van der Waals surface area contributed by atoms with Crippen molar-refractivity contribution in [3.8, 4) is 11.1 Å². The fraction of sp³-hybridized carbons (Fsp3) is 0.438. The summed E-state index contributed by atoms with van der Waals surface area (Å²) in [5.74, 6) is 0.606. The zero-order valence-corrected chi connectivity index (χ0v) is 25.7. The van der Waals surface area contributed by atoms with Crippen molar-refractivity contribution in [2.75, 3.05) is 69.4 Å². The highest BCUT2D eigenvalue weighted by molar-refractivity contribution is 6.30. The van der Waals surface area contributed by atoms with Crippen molar-refractivity contribution in [1.82, 2.24) is 20.1 Å². The summed E-state index contributed by atoms with van der Waals surface area (Å²) in [6.07, 6.45) is -2.75. The summed E-state index contributed by atoms with van der Waals surface area (Å²) in [6, 6.07) is 13.4. The lowest BCUT2D eigenvalue weighted by molar-refractivity contribution is -0.138. The molecule has 5 rings (SSSR count). The second-order valence-electron chi connectivity index (χ2n) is 11.4. The lowest BCUT2D eigenvalue weighted by atomic mass is 10.0. The minimum Gasteiger partial charge on any atom is -0.367 e. The largest absolute Gasteiger partial charge is 0.416 e. The van der Waals surface area contributed by atoms with Crippen LogP contribution in [-0.2, 0) is 17.5 Å². The van der Waals surface area contributed by atoms with Gasteiger partial charge in [0.25, 0.3) is 5.91 Å². The fourth-order valence-electron chi connectivity index (χ4n) is 5.41. The summed E-state index contributed by atoms with van der Waals surface area (Å²) in [7, 11) is 0. The molecule has 44 heavy (non-hydrogen) atoms. The number of ether oxygens (including phenoxy) is 1. The minimum absolute atomic E-state index is 0.00508. The molecule has 3 heterocycles. The molecule has 0 unspecified atom stereocenters. The van der Waals surface area contributed by atoms with E-state index in [4.69, 9.17) is 16.3 Å². The first kappa shape index (κ1) is 32.0. The molecular formula is C32H38ClF3N6O2. The van der Waals surface area contributed by atoms with E-state index in [2.05, 4.69) is 34.4 Å². The maximum absolute atomic E-state index is 13.7. The van der Waals surface area contributed by atoms with Crippen LogP contribution >= 0.6 is 11.6 Å². The lowest BCUT2D eigenvalue weighted by Crippen LogP contribution is -2.49. The molecule has 0 bridgehead atoms. The van der Waals surface area contributed by atoms with Crippen LogP contribution < -0.4 is 15.5 Å². The molecule has 236 valence electrons. The number of alkyl halides is 3. The van der Waals surface area contributed by atoms with Crippen LogP contribution in [0.3, 0.4) is 0 Å². The van der Waals surface area contributed by atoms with Gasteiger partial charge in [-0.3, -0.25) is 15.0 Å². The molecule has 2 aliphatic heterocycles. The number of hydrogen-bond acceptors (Lipinski definition) is 7. The van der Waals surface area contributed by atoms with E-state index in [-0.39, 0.29) is 23.0 Å². The van der Waals surface area contributed by atoms with E-state index < -0.39 is 11.7 Å². The number of nitrogens with one attached hydrogen (secondary N) is 2. The van der Waals surface area contributed by atoms with Gasteiger partial charge in [-0.05, 0) is 61.4 Å². The monoisotopic (exact) mass is 630 g/mol. The quantitative estimate of drug-likeness (QED) is 0.224. The van der Waals surface area contributed by atoms with Gasteiger partial charge in [-0.2, -0.15) is 13.2 Å². The number of nitrogens with zero attached hydrogens (tertiary/aromatic N) is 4. The summed E-state index contributed by atoms with van der Waals surface area (Å²) in [5.41, 5.74) is 2.40. The molecule has 1 fully saturated rings. The van der Waals surface area contributed by atoms with Crippen molar-refractivity contribution in [3.05, 3.63) is 76.4 Å². The van der Waals surface area contributed by atoms with Gasteiger partial charge in [0.15, 0.2) is 0 Å². The van der Waals surface area contributed by atoms with Crippen LogP contribution in [0.5, 0.6) is 0 Å². The summed E-state index contributed by atoms with van der Waals surface area (Å²) in [4.78, 5) is 23.8. The SMILES string of the molecule is CC(C)NCOCCN1CCN(C(=O)c2ccc(-c3cnc4c(c3)N(Cc3cc(Cl)ccc3C(F)(F)F)CCN4)cc2)CC1. The van der Waals surface area contributed by atoms with E-state index >= 15 is 0 Å². The third-order valence-electron chi connectivity index (χ3n) is 7.89. The Labute approximate surface area is 261 Å². The van der Waals surface area contributed by atoms with Gasteiger partial charge in [0.05, 0.1) is 24.6 Å². The molecule has 3 aromatic rings. The molecular weight excluding hydrogens is 593 g/mol. The number of aromatic nitrogens is 1. The van der Waals surface area contributed by atoms with Crippen molar-refractivity contribution in [1.29, 1.82) is 0 Å². The van der Waals surface area contributed by atoms with Crippen LogP contribution in [-0.4, -0.2) is 85.9 Å². The van der Waals surface area contributed by atoms with Crippen LogP contribution in [0, 0.1) is 0 Å². The van der Waals surface area contributed by atoms with Crippen molar-refractivity contribution >= 4 is 29.0 Å². The van der Waals surface area contributed by atoms with Gasteiger partial charge in [-0.1, -0.05) is 23.7 Å². The Kier molecular flexibility index (Phi) is 10.3. The summed E-state index contributed by atoms with van der Waals surface area (Å²) in [6.45, 7) is 10.2. The molecule has 0 spiro atoms.